The molecule has 1 aliphatic heterocycles. The summed E-state index contributed by atoms with van der Waals surface area (Å²) in [6, 6.07) is 24.4. The number of fused-ring (bicyclic) bond motifs is 1. The third kappa shape index (κ3) is 2.86. The Hall–Kier alpha value is -3.81. The Bertz CT molecular complexity index is 1260. The van der Waals surface area contributed by atoms with Crippen molar-refractivity contribution >= 4 is 33.6 Å². The Labute approximate surface area is 190 Å². The number of carbonyl (C=O) groups excluding carboxylic acids is 1. The summed E-state index contributed by atoms with van der Waals surface area (Å²) in [6.45, 7) is 0. The number of para-hydroxylation sites is 1. The highest BCUT2D eigenvalue weighted by atomic mass is 32.1. The normalized spacial score (nSPS) is 24.3. The predicted molar refractivity (Wildman–Crippen MR) is 124 cm³/mol. The van der Waals surface area contributed by atoms with Crippen LogP contribution in [0, 0.1) is 22.7 Å². The molecule has 0 unspecified atom stereocenters. The topological polar surface area (TPSA) is 106 Å². The largest absolute Gasteiger partial charge is 0.396 e. The van der Waals surface area contributed by atoms with Crippen LogP contribution in [0.25, 0.3) is 0 Å². The fourth-order valence-electron chi connectivity index (χ4n) is 5.02. The van der Waals surface area contributed by atoms with Crippen LogP contribution in [-0.4, -0.2) is 11.6 Å². The highest BCUT2D eigenvalue weighted by Gasteiger charge is 2.52. The van der Waals surface area contributed by atoms with Gasteiger partial charge in [-0.3, -0.25) is 4.79 Å². The second-order valence-electron chi connectivity index (χ2n) is 8.35. The first kappa shape index (κ1) is 20.1. The van der Waals surface area contributed by atoms with Crippen LogP contribution in [0.3, 0.4) is 0 Å². The molecule has 0 saturated heterocycles. The van der Waals surface area contributed by atoms with Gasteiger partial charge >= 0.3 is 0 Å². The van der Waals surface area contributed by atoms with Crippen molar-refractivity contribution in [3.8, 4) is 12.1 Å². The van der Waals surface area contributed by atoms with Crippen molar-refractivity contribution in [1.82, 2.24) is 5.32 Å². The van der Waals surface area contributed by atoms with Gasteiger partial charge in [0, 0.05) is 5.69 Å². The van der Waals surface area contributed by atoms with E-state index in [0.29, 0.717) is 41.1 Å². The van der Waals surface area contributed by atoms with Crippen molar-refractivity contribution in [3.05, 3.63) is 76.7 Å². The Morgan fingerprint density at radius 3 is 2.19 bits per heavy atom. The summed E-state index contributed by atoms with van der Waals surface area (Å²) in [6.07, 6.45) is 2.40. The number of nitrogens with zero attached hydrogens (tertiary/aromatic N) is 3. The van der Waals surface area contributed by atoms with Gasteiger partial charge in [-0.05, 0) is 43.4 Å². The maximum absolute atomic E-state index is 13.2. The van der Waals surface area contributed by atoms with Crippen molar-refractivity contribution in [2.45, 2.75) is 36.8 Å². The molecular formula is C25H21N5OS. The molecule has 1 aromatic heterocycles. The number of nitrogens with two attached hydrogens (primary N) is 1. The maximum atomic E-state index is 13.2. The number of carbonyl (C=O) groups is 1. The summed E-state index contributed by atoms with van der Waals surface area (Å²) in [5, 5.41) is 23.6. The molecule has 2 aromatic carbocycles. The zero-order valence-corrected chi connectivity index (χ0v) is 18.2. The lowest BCUT2D eigenvalue weighted by Gasteiger charge is -2.52. The molecule has 2 heterocycles. The van der Waals surface area contributed by atoms with Crippen molar-refractivity contribution in [1.29, 1.82) is 10.5 Å². The van der Waals surface area contributed by atoms with E-state index in [1.165, 1.54) is 11.3 Å². The number of thiophene rings is 1. The third-order valence-electron chi connectivity index (χ3n) is 6.72. The van der Waals surface area contributed by atoms with Crippen molar-refractivity contribution in [2.75, 3.05) is 10.6 Å². The fourth-order valence-corrected chi connectivity index (χ4v) is 6.15. The molecule has 1 saturated carbocycles. The van der Waals surface area contributed by atoms with Gasteiger partial charge in [-0.15, -0.1) is 11.3 Å². The molecule has 1 spiro atoms. The van der Waals surface area contributed by atoms with Crippen LogP contribution in [0.5, 0.6) is 0 Å². The molecule has 6 nitrogen and oxygen atoms in total. The first-order valence-electron chi connectivity index (χ1n) is 10.5. The van der Waals surface area contributed by atoms with E-state index < -0.39 is 11.1 Å². The van der Waals surface area contributed by atoms with Crippen LogP contribution >= 0.6 is 11.3 Å². The molecule has 32 heavy (non-hydrogen) atoms. The minimum absolute atomic E-state index is 0.229. The van der Waals surface area contributed by atoms with Crippen molar-refractivity contribution in [2.24, 2.45) is 0 Å². The monoisotopic (exact) mass is 439 g/mol. The molecule has 0 bridgehead atoms. The van der Waals surface area contributed by atoms with Gasteiger partial charge in [0.2, 0.25) is 0 Å². The third-order valence-corrected chi connectivity index (χ3v) is 7.81. The molecule has 1 amide bonds. The van der Waals surface area contributed by atoms with Gasteiger partial charge in [-0.2, -0.15) is 10.5 Å². The van der Waals surface area contributed by atoms with Crippen LogP contribution in [0.1, 0.15) is 46.5 Å². The number of anilines is 3. The van der Waals surface area contributed by atoms with Crippen LogP contribution < -0.4 is 16.0 Å². The van der Waals surface area contributed by atoms with Gasteiger partial charge in [-0.25, -0.2) is 0 Å². The molecule has 7 heteroatoms. The number of hydrogen-bond acceptors (Lipinski definition) is 6. The summed E-state index contributed by atoms with van der Waals surface area (Å²) in [5.41, 5.74) is 7.42. The molecule has 0 atom stereocenters. The first-order chi connectivity index (χ1) is 15.5. The average Bonchev–Trinajstić information content (AvgIpc) is 3.17. The Kier molecular flexibility index (Phi) is 4.65. The van der Waals surface area contributed by atoms with Crippen molar-refractivity contribution in [3.63, 3.8) is 0 Å². The van der Waals surface area contributed by atoms with E-state index in [2.05, 4.69) is 22.4 Å². The van der Waals surface area contributed by atoms with E-state index in [9.17, 15) is 15.3 Å². The zero-order valence-electron chi connectivity index (χ0n) is 17.3. The van der Waals surface area contributed by atoms with E-state index >= 15 is 0 Å². The van der Waals surface area contributed by atoms with E-state index in [1.54, 1.807) is 0 Å². The second-order valence-corrected chi connectivity index (χ2v) is 9.35. The summed E-state index contributed by atoms with van der Waals surface area (Å²) >= 11 is 1.25. The number of rotatable bonds is 2. The Morgan fingerprint density at radius 1 is 0.969 bits per heavy atom. The number of nitriles is 2. The molecule has 1 fully saturated rings. The molecule has 0 radical (unpaired) electrons. The Morgan fingerprint density at radius 2 is 1.59 bits per heavy atom. The summed E-state index contributed by atoms with van der Waals surface area (Å²) < 4.78 is 0. The number of benzene rings is 2. The average molecular weight is 440 g/mol. The maximum Gasteiger partial charge on any atom is 0.258 e. The number of nitrogens with one attached hydrogen (secondary N) is 1. The van der Waals surface area contributed by atoms with Crippen LogP contribution in [-0.2, 0) is 5.41 Å². The quantitative estimate of drug-likeness (QED) is 0.596. The van der Waals surface area contributed by atoms with Gasteiger partial charge < -0.3 is 16.0 Å². The number of amides is 1. The van der Waals surface area contributed by atoms with Gasteiger partial charge in [0.25, 0.3) is 5.91 Å². The fraction of sp³-hybridized carbons (Fsp3) is 0.240. The smallest absolute Gasteiger partial charge is 0.258 e. The molecule has 3 aromatic rings. The molecule has 3 N–H and O–H groups in total. The highest BCUT2D eigenvalue weighted by Crippen LogP contribution is 2.53. The second kappa shape index (κ2) is 7.40. The summed E-state index contributed by atoms with van der Waals surface area (Å²) in [4.78, 5) is 15.7. The minimum Gasteiger partial charge on any atom is -0.396 e. The van der Waals surface area contributed by atoms with Gasteiger partial charge in [-0.1, -0.05) is 48.5 Å². The Balaban J connectivity index is 1.61. The van der Waals surface area contributed by atoms with Gasteiger partial charge in [0.15, 0.2) is 0 Å². The van der Waals surface area contributed by atoms with Crippen LogP contribution in [0.4, 0.5) is 16.4 Å². The molecule has 5 rings (SSSR count). The SMILES string of the molecule is N#Cc1sc2c(c1N)C(=O)NC1(CCC(C#N)(c3ccccc3)CC1)N2c1ccccc1. The van der Waals surface area contributed by atoms with Crippen LogP contribution in [0.2, 0.25) is 0 Å². The van der Waals surface area contributed by atoms with E-state index in [1.807, 2.05) is 60.7 Å². The molecule has 1 aliphatic carbocycles. The molecule has 158 valence electrons. The lowest BCUT2D eigenvalue weighted by Crippen LogP contribution is -2.64. The van der Waals surface area contributed by atoms with Crippen molar-refractivity contribution < 1.29 is 4.79 Å². The summed E-state index contributed by atoms with van der Waals surface area (Å²) in [7, 11) is 0. The minimum atomic E-state index is -0.690. The van der Waals surface area contributed by atoms with Gasteiger partial charge in [0.05, 0.1) is 22.7 Å². The van der Waals surface area contributed by atoms with Crippen LogP contribution in [0.15, 0.2) is 60.7 Å². The lowest BCUT2D eigenvalue weighted by molar-refractivity contribution is 0.0839. The number of nitrogen functional groups attached to an aromatic ring is 1. The van der Waals surface area contributed by atoms with E-state index in [-0.39, 0.29) is 11.6 Å². The molecular weight excluding hydrogens is 418 g/mol. The van der Waals surface area contributed by atoms with E-state index in [4.69, 9.17) is 5.73 Å². The molecule has 2 aliphatic rings. The highest BCUT2D eigenvalue weighted by molar-refractivity contribution is 7.17. The lowest BCUT2D eigenvalue weighted by atomic mass is 9.66. The zero-order chi connectivity index (χ0) is 22.3. The first-order valence-corrected chi connectivity index (χ1v) is 11.3. The van der Waals surface area contributed by atoms with E-state index in [0.717, 1.165) is 11.3 Å². The predicted octanol–water partition coefficient (Wildman–Crippen LogP) is 4.82. The van der Waals surface area contributed by atoms with Gasteiger partial charge in [0.1, 0.15) is 21.6 Å². The number of hydrogen-bond donors (Lipinski definition) is 2. The summed E-state index contributed by atoms with van der Waals surface area (Å²) in [5.74, 6) is -0.258. The standard InChI is InChI=1S/C25H21N5OS/c26-15-19-21(28)20-22(31)29-25(30(23(20)32-19)18-9-5-2-6-10-18)13-11-24(16-27,12-14-25)17-7-3-1-4-8-17/h1-10H,11-14,28H2,(H,29,31).